The Hall–Kier alpha value is -0.610. The van der Waals surface area contributed by atoms with Gasteiger partial charge >= 0.3 is 0 Å². The minimum Gasteiger partial charge on any atom is -0.368 e. The molecule has 1 amide bonds. The third kappa shape index (κ3) is 4.64. The molecule has 0 saturated carbocycles. The lowest BCUT2D eigenvalue weighted by atomic mass is 9.99. The zero-order chi connectivity index (χ0) is 12.7. The molecule has 1 fully saturated rings. The van der Waals surface area contributed by atoms with Crippen molar-refractivity contribution in [3.8, 4) is 0 Å². The van der Waals surface area contributed by atoms with Crippen molar-refractivity contribution in [2.45, 2.75) is 45.6 Å². The van der Waals surface area contributed by atoms with Crippen LogP contribution in [-0.4, -0.2) is 31.7 Å². The van der Waals surface area contributed by atoms with Crippen LogP contribution in [0, 0.1) is 11.8 Å². The van der Waals surface area contributed by atoms with Crippen LogP contribution in [0.2, 0.25) is 0 Å². The molecule has 1 heterocycles. The molecule has 0 aromatic heterocycles. The summed E-state index contributed by atoms with van der Waals surface area (Å²) in [4.78, 5) is 11.9. The Balaban J connectivity index is 2.29. The quantitative estimate of drug-likeness (QED) is 0.707. The molecule has 0 aromatic rings. The van der Waals surface area contributed by atoms with Crippen LogP contribution in [0.5, 0.6) is 0 Å². The summed E-state index contributed by atoms with van der Waals surface area (Å²) in [7, 11) is 0. The third-order valence-corrected chi connectivity index (χ3v) is 3.48. The molecule has 4 heteroatoms. The fraction of sp³-hybridized carbons (Fsp3) is 0.923. The van der Waals surface area contributed by atoms with Crippen molar-refractivity contribution in [3.05, 3.63) is 0 Å². The van der Waals surface area contributed by atoms with Gasteiger partial charge in [-0.2, -0.15) is 0 Å². The molecule has 3 atom stereocenters. The van der Waals surface area contributed by atoms with Crippen LogP contribution in [0.25, 0.3) is 0 Å². The highest BCUT2D eigenvalue weighted by molar-refractivity contribution is 5.81. The van der Waals surface area contributed by atoms with Crippen molar-refractivity contribution in [1.29, 1.82) is 0 Å². The first kappa shape index (κ1) is 14.5. The molecule has 0 spiro atoms. The van der Waals surface area contributed by atoms with Crippen LogP contribution >= 0.6 is 0 Å². The normalized spacial score (nSPS) is 25.8. The number of hydrogen-bond donors (Lipinski definition) is 2. The van der Waals surface area contributed by atoms with E-state index in [1.807, 2.05) is 0 Å². The van der Waals surface area contributed by atoms with Gasteiger partial charge in [0.15, 0.2) is 0 Å². The second-order valence-corrected chi connectivity index (χ2v) is 5.03. The second-order valence-electron chi connectivity index (χ2n) is 5.03. The maximum Gasteiger partial charge on any atom is 0.249 e. The lowest BCUT2D eigenvalue weighted by molar-refractivity contribution is -0.131. The van der Waals surface area contributed by atoms with Crippen LogP contribution in [0.4, 0.5) is 0 Å². The molecule has 4 nitrogen and oxygen atoms in total. The lowest BCUT2D eigenvalue weighted by Gasteiger charge is -2.19. The minimum absolute atomic E-state index is 0.0492. The van der Waals surface area contributed by atoms with E-state index in [0.29, 0.717) is 25.0 Å². The average Bonchev–Trinajstić information content (AvgIpc) is 2.72. The van der Waals surface area contributed by atoms with E-state index in [1.165, 1.54) is 0 Å². The third-order valence-electron chi connectivity index (χ3n) is 3.48. The first-order chi connectivity index (χ1) is 8.19. The van der Waals surface area contributed by atoms with E-state index < -0.39 is 0 Å². The standard InChI is InChI=1S/C13H26N2O2/c1-3-4-11(5-7-14)9-15-13(16)12-10(2)6-8-17-12/h10-12H,3-9,14H2,1-2H3,(H,15,16). The first-order valence-electron chi connectivity index (χ1n) is 6.78. The van der Waals surface area contributed by atoms with Gasteiger partial charge in [0.2, 0.25) is 5.91 Å². The van der Waals surface area contributed by atoms with Gasteiger partial charge in [-0.05, 0) is 37.6 Å². The van der Waals surface area contributed by atoms with Gasteiger partial charge < -0.3 is 15.8 Å². The monoisotopic (exact) mass is 242 g/mol. The summed E-state index contributed by atoms with van der Waals surface area (Å²) in [5.41, 5.74) is 5.57. The smallest absolute Gasteiger partial charge is 0.249 e. The van der Waals surface area contributed by atoms with Crippen LogP contribution in [-0.2, 0) is 9.53 Å². The Morgan fingerprint density at radius 2 is 2.29 bits per heavy atom. The molecule has 1 aliphatic heterocycles. The predicted octanol–water partition coefficient (Wildman–Crippen LogP) is 1.29. The number of rotatable bonds is 7. The molecular formula is C13H26N2O2. The second kappa shape index (κ2) is 7.67. The molecule has 0 aliphatic carbocycles. The Kier molecular flexibility index (Phi) is 6.52. The molecule has 3 unspecified atom stereocenters. The van der Waals surface area contributed by atoms with E-state index in [2.05, 4.69) is 19.2 Å². The molecular weight excluding hydrogens is 216 g/mol. The molecule has 17 heavy (non-hydrogen) atoms. The van der Waals surface area contributed by atoms with Crippen molar-refractivity contribution in [3.63, 3.8) is 0 Å². The van der Waals surface area contributed by atoms with Crippen molar-refractivity contribution in [2.75, 3.05) is 19.7 Å². The van der Waals surface area contributed by atoms with Crippen LogP contribution < -0.4 is 11.1 Å². The van der Waals surface area contributed by atoms with Gasteiger partial charge in [-0.1, -0.05) is 20.3 Å². The zero-order valence-electron chi connectivity index (χ0n) is 11.1. The zero-order valence-corrected chi connectivity index (χ0v) is 11.1. The number of nitrogens with one attached hydrogen (secondary N) is 1. The molecule has 0 aromatic carbocycles. The summed E-state index contributed by atoms with van der Waals surface area (Å²) in [6, 6.07) is 0. The first-order valence-corrected chi connectivity index (χ1v) is 6.78. The predicted molar refractivity (Wildman–Crippen MR) is 68.6 cm³/mol. The van der Waals surface area contributed by atoms with E-state index in [9.17, 15) is 4.79 Å². The lowest BCUT2D eigenvalue weighted by Crippen LogP contribution is -2.39. The minimum atomic E-state index is -0.241. The van der Waals surface area contributed by atoms with E-state index in [1.54, 1.807) is 0 Å². The Morgan fingerprint density at radius 1 is 1.53 bits per heavy atom. The molecule has 1 aliphatic rings. The maximum atomic E-state index is 11.9. The van der Waals surface area contributed by atoms with Gasteiger partial charge in [0.05, 0.1) is 0 Å². The van der Waals surface area contributed by atoms with Gasteiger partial charge in [0, 0.05) is 13.2 Å². The van der Waals surface area contributed by atoms with Crippen molar-refractivity contribution >= 4 is 5.91 Å². The van der Waals surface area contributed by atoms with E-state index in [4.69, 9.17) is 10.5 Å². The number of nitrogens with two attached hydrogens (primary N) is 1. The Labute approximate surface area is 104 Å². The van der Waals surface area contributed by atoms with Gasteiger partial charge in [-0.15, -0.1) is 0 Å². The van der Waals surface area contributed by atoms with Crippen LogP contribution in [0.1, 0.15) is 39.5 Å². The number of ether oxygens (including phenoxy) is 1. The number of carbonyl (C=O) groups is 1. The highest BCUT2D eigenvalue weighted by atomic mass is 16.5. The Bertz CT molecular complexity index is 227. The number of amides is 1. The summed E-state index contributed by atoms with van der Waals surface area (Å²) in [5, 5.41) is 3.01. The highest BCUT2D eigenvalue weighted by Crippen LogP contribution is 2.20. The SMILES string of the molecule is CCCC(CCN)CNC(=O)C1OCCC1C. The summed E-state index contributed by atoms with van der Waals surface area (Å²) >= 11 is 0. The average molecular weight is 242 g/mol. The van der Waals surface area contributed by atoms with E-state index >= 15 is 0 Å². The maximum absolute atomic E-state index is 11.9. The number of hydrogen-bond acceptors (Lipinski definition) is 3. The highest BCUT2D eigenvalue weighted by Gasteiger charge is 2.30. The molecule has 0 radical (unpaired) electrons. The Morgan fingerprint density at radius 3 is 2.82 bits per heavy atom. The van der Waals surface area contributed by atoms with Gasteiger partial charge in [0.1, 0.15) is 6.10 Å². The van der Waals surface area contributed by atoms with Crippen LogP contribution in [0.3, 0.4) is 0 Å². The fourth-order valence-electron chi connectivity index (χ4n) is 2.37. The molecule has 0 bridgehead atoms. The van der Waals surface area contributed by atoms with E-state index in [-0.39, 0.29) is 12.0 Å². The number of carbonyl (C=O) groups excluding carboxylic acids is 1. The summed E-state index contributed by atoms with van der Waals surface area (Å²) in [6.45, 7) is 6.36. The summed E-state index contributed by atoms with van der Waals surface area (Å²) < 4.78 is 5.44. The summed E-state index contributed by atoms with van der Waals surface area (Å²) in [5.74, 6) is 0.896. The van der Waals surface area contributed by atoms with Gasteiger partial charge in [-0.3, -0.25) is 4.79 Å². The van der Waals surface area contributed by atoms with Gasteiger partial charge in [-0.25, -0.2) is 0 Å². The van der Waals surface area contributed by atoms with E-state index in [0.717, 1.165) is 32.2 Å². The summed E-state index contributed by atoms with van der Waals surface area (Å²) in [6.07, 6.45) is 3.99. The molecule has 1 rings (SSSR count). The van der Waals surface area contributed by atoms with Crippen LogP contribution in [0.15, 0.2) is 0 Å². The topological polar surface area (TPSA) is 64.3 Å². The fourth-order valence-corrected chi connectivity index (χ4v) is 2.37. The van der Waals surface area contributed by atoms with Gasteiger partial charge in [0.25, 0.3) is 0 Å². The van der Waals surface area contributed by atoms with Crippen molar-refractivity contribution in [1.82, 2.24) is 5.32 Å². The molecule has 1 saturated heterocycles. The molecule has 3 N–H and O–H groups in total. The largest absolute Gasteiger partial charge is 0.368 e. The van der Waals surface area contributed by atoms with Crippen molar-refractivity contribution < 1.29 is 9.53 Å². The molecule has 100 valence electrons. The van der Waals surface area contributed by atoms with Crippen molar-refractivity contribution in [2.24, 2.45) is 17.6 Å².